The first-order valence-electron chi connectivity index (χ1n) is 8.81. The minimum Gasteiger partial charge on any atom is -0.373 e. The van der Waals surface area contributed by atoms with Crippen molar-refractivity contribution in [2.45, 2.75) is 13.1 Å². The van der Waals surface area contributed by atoms with E-state index in [-0.39, 0.29) is 0 Å². The predicted octanol–water partition coefficient (Wildman–Crippen LogP) is 4.93. The summed E-state index contributed by atoms with van der Waals surface area (Å²) in [5.41, 5.74) is 1.46. The molecule has 0 saturated heterocycles. The second-order valence-corrected chi connectivity index (χ2v) is 6.37. The van der Waals surface area contributed by atoms with Gasteiger partial charge in [-0.2, -0.15) is 23.1 Å². The molecule has 0 aliphatic heterocycles. The Bertz CT molecular complexity index is 1170. The molecule has 0 aliphatic rings. The van der Waals surface area contributed by atoms with Crippen molar-refractivity contribution in [3.8, 4) is 5.95 Å². The van der Waals surface area contributed by atoms with E-state index >= 15 is 0 Å². The first kappa shape index (κ1) is 18.7. The number of hydrogen-bond donors (Lipinski definition) is 2. The Kier molecular flexibility index (Phi) is 4.57. The minimum atomic E-state index is -4.38. The maximum Gasteiger partial charge on any atom is 0.416 e. The van der Waals surface area contributed by atoms with Gasteiger partial charge in [0.15, 0.2) is 0 Å². The molecule has 0 spiro atoms. The average molecular weight is 398 g/mol. The lowest BCUT2D eigenvalue weighted by molar-refractivity contribution is -0.137. The molecule has 2 N–H and O–H groups in total. The summed E-state index contributed by atoms with van der Waals surface area (Å²) in [6.07, 6.45) is -4.38. The highest BCUT2D eigenvalue weighted by Gasteiger charge is 2.29. The number of benzene rings is 2. The molecule has 9 heteroatoms. The molecule has 2 aromatic heterocycles. The third-order valence-electron chi connectivity index (χ3n) is 4.38. The molecular weight excluding hydrogens is 381 g/mol. The van der Waals surface area contributed by atoms with Crippen molar-refractivity contribution in [2.75, 3.05) is 17.7 Å². The fourth-order valence-corrected chi connectivity index (χ4v) is 3.02. The number of nitrogens with zero attached hydrogens (tertiary/aromatic N) is 4. The zero-order valence-electron chi connectivity index (χ0n) is 15.6. The van der Waals surface area contributed by atoms with Gasteiger partial charge in [0.2, 0.25) is 5.95 Å². The molecule has 0 fully saturated rings. The third kappa shape index (κ3) is 3.71. The second kappa shape index (κ2) is 7.08. The van der Waals surface area contributed by atoms with Crippen LogP contribution in [-0.2, 0) is 6.18 Å². The van der Waals surface area contributed by atoms with E-state index in [4.69, 9.17) is 0 Å². The van der Waals surface area contributed by atoms with Gasteiger partial charge in [0.25, 0.3) is 0 Å². The Morgan fingerprint density at radius 2 is 1.59 bits per heavy atom. The Hall–Kier alpha value is -3.62. The van der Waals surface area contributed by atoms with Crippen molar-refractivity contribution in [1.82, 2.24) is 19.5 Å². The van der Waals surface area contributed by atoms with Crippen molar-refractivity contribution in [1.29, 1.82) is 0 Å². The van der Waals surface area contributed by atoms with Crippen LogP contribution in [0.5, 0.6) is 0 Å². The molecular formula is C20H17F3N6. The van der Waals surface area contributed by atoms with Crippen LogP contribution in [0.2, 0.25) is 0 Å². The molecule has 0 radical (unpaired) electrons. The van der Waals surface area contributed by atoms with E-state index in [0.717, 1.165) is 29.0 Å². The summed E-state index contributed by atoms with van der Waals surface area (Å²) in [5, 5.41) is 6.01. The summed E-state index contributed by atoms with van der Waals surface area (Å²) in [6, 6.07) is 14.1. The number of rotatable bonds is 4. The highest BCUT2D eigenvalue weighted by molar-refractivity contribution is 5.77. The summed E-state index contributed by atoms with van der Waals surface area (Å²) in [6.45, 7) is 1.86. The molecule has 2 heterocycles. The van der Waals surface area contributed by atoms with E-state index in [9.17, 15) is 13.2 Å². The van der Waals surface area contributed by atoms with Crippen LogP contribution in [0.1, 0.15) is 11.4 Å². The molecule has 4 aromatic rings. The molecule has 0 unspecified atom stereocenters. The molecule has 0 aliphatic carbocycles. The smallest absolute Gasteiger partial charge is 0.373 e. The fraction of sp³-hybridized carbons (Fsp3) is 0.150. The van der Waals surface area contributed by atoms with Gasteiger partial charge < -0.3 is 10.6 Å². The SMILES string of the molecule is CNc1cc(Nc2ccc(C(F)(F)F)cc2)nc(-n2c(C)nc3ccccc32)n1. The lowest BCUT2D eigenvalue weighted by Crippen LogP contribution is -2.08. The maximum absolute atomic E-state index is 12.8. The number of nitrogens with one attached hydrogen (secondary N) is 2. The molecule has 0 amide bonds. The lowest BCUT2D eigenvalue weighted by atomic mass is 10.2. The van der Waals surface area contributed by atoms with Crippen LogP contribution in [0.3, 0.4) is 0 Å². The summed E-state index contributed by atoms with van der Waals surface area (Å²) >= 11 is 0. The van der Waals surface area contributed by atoms with Gasteiger partial charge in [-0.1, -0.05) is 12.1 Å². The number of para-hydroxylation sites is 2. The fourth-order valence-electron chi connectivity index (χ4n) is 3.02. The normalized spacial score (nSPS) is 11.6. The Balaban J connectivity index is 1.73. The maximum atomic E-state index is 12.8. The number of anilines is 3. The van der Waals surface area contributed by atoms with E-state index in [1.807, 2.05) is 35.8 Å². The second-order valence-electron chi connectivity index (χ2n) is 6.37. The zero-order chi connectivity index (χ0) is 20.6. The van der Waals surface area contributed by atoms with Gasteiger partial charge in [-0.15, -0.1) is 0 Å². The van der Waals surface area contributed by atoms with Gasteiger partial charge in [-0.05, 0) is 43.3 Å². The van der Waals surface area contributed by atoms with Crippen molar-refractivity contribution in [2.24, 2.45) is 0 Å². The van der Waals surface area contributed by atoms with Crippen molar-refractivity contribution in [3.63, 3.8) is 0 Å². The van der Waals surface area contributed by atoms with Gasteiger partial charge in [0.05, 0.1) is 16.6 Å². The van der Waals surface area contributed by atoms with Crippen LogP contribution < -0.4 is 10.6 Å². The van der Waals surface area contributed by atoms with Crippen LogP contribution >= 0.6 is 0 Å². The number of hydrogen-bond acceptors (Lipinski definition) is 5. The van der Waals surface area contributed by atoms with Crippen LogP contribution in [0, 0.1) is 6.92 Å². The Labute approximate surface area is 164 Å². The third-order valence-corrected chi connectivity index (χ3v) is 4.38. The molecule has 6 nitrogen and oxygen atoms in total. The highest BCUT2D eigenvalue weighted by Crippen LogP contribution is 2.30. The van der Waals surface area contributed by atoms with Crippen molar-refractivity contribution < 1.29 is 13.2 Å². The van der Waals surface area contributed by atoms with Gasteiger partial charge in [0.1, 0.15) is 17.5 Å². The van der Waals surface area contributed by atoms with Crippen LogP contribution in [0.15, 0.2) is 54.6 Å². The van der Waals surface area contributed by atoms with Crippen LogP contribution in [0.25, 0.3) is 17.0 Å². The number of fused-ring (bicyclic) bond motifs is 1. The van der Waals surface area contributed by atoms with Gasteiger partial charge >= 0.3 is 6.18 Å². The number of aromatic nitrogens is 4. The van der Waals surface area contributed by atoms with Crippen LogP contribution in [0.4, 0.5) is 30.5 Å². The summed E-state index contributed by atoms with van der Waals surface area (Å²) in [4.78, 5) is 13.6. The van der Waals surface area contributed by atoms with Gasteiger partial charge in [-0.3, -0.25) is 4.57 Å². The Morgan fingerprint density at radius 3 is 2.28 bits per heavy atom. The quantitative estimate of drug-likeness (QED) is 0.510. The molecule has 29 heavy (non-hydrogen) atoms. The number of alkyl halides is 3. The molecule has 0 saturated carbocycles. The standard InChI is InChI=1S/C20H17F3N6/c1-12-25-15-5-3-4-6-16(15)29(12)19-27-17(24-2)11-18(28-19)26-14-9-7-13(8-10-14)20(21,22)23/h3-11H,1-2H3,(H2,24,26,27,28). The van der Waals surface area contributed by atoms with E-state index < -0.39 is 11.7 Å². The first-order valence-corrected chi connectivity index (χ1v) is 8.81. The topological polar surface area (TPSA) is 67.7 Å². The molecule has 2 aromatic carbocycles. The predicted molar refractivity (Wildman–Crippen MR) is 106 cm³/mol. The van der Waals surface area contributed by atoms with E-state index in [1.165, 1.54) is 12.1 Å². The number of aryl methyl sites for hydroxylation is 1. The van der Waals surface area contributed by atoms with Gasteiger partial charge in [-0.25, -0.2) is 4.98 Å². The van der Waals surface area contributed by atoms with E-state index in [2.05, 4.69) is 25.6 Å². The van der Waals surface area contributed by atoms with Crippen molar-refractivity contribution in [3.05, 3.63) is 66.0 Å². The molecule has 0 atom stereocenters. The summed E-state index contributed by atoms with van der Waals surface area (Å²) < 4.78 is 40.1. The first-order chi connectivity index (χ1) is 13.8. The monoisotopic (exact) mass is 398 g/mol. The average Bonchev–Trinajstić information content (AvgIpc) is 3.03. The summed E-state index contributed by atoms with van der Waals surface area (Å²) in [5.74, 6) is 2.12. The molecule has 0 bridgehead atoms. The van der Waals surface area contributed by atoms with Crippen molar-refractivity contribution >= 4 is 28.4 Å². The number of halogens is 3. The van der Waals surface area contributed by atoms with Crippen LogP contribution in [-0.4, -0.2) is 26.6 Å². The number of imidazole rings is 1. The minimum absolute atomic E-state index is 0.400. The van der Waals surface area contributed by atoms with E-state index in [1.54, 1.807) is 13.1 Å². The summed E-state index contributed by atoms with van der Waals surface area (Å²) in [7, 11) is 1.73. The van der Waals surface area contributed by atoms with E-state index in [0.29, 0.717) is 23.3 Å². The molecule has 148 valence electrons. The molecule has 4 rings (SSSR count). The largest absolute Gasteiger partial charge is 0.416 e. The zero-order valence-corrected chi connectivity index (χ0v) is 15.6. The lowest BCUT2D eigenvalue weighted by Gasteiger charge is -2.12. The Morgan fingerprint density at radius 1 is 0.897 bits per heavy atom. The van der Waals surface area contributed by atoms with Gasteiger partial charge in [0, 0.05) is 18.8 Å². The highest BCUT2D eigenvalue weighted by atomic mass is 19.4.